The molecule has 122 valence electrons. The van der Waals surface area contributed by atoms with Gasteiger partial charge in [-0.1, -0.05) is 23.8 Å². The van der Waals surface area contributed by atoms with Crippen LogP contribution in [-0.2, 0) is 14.3 Å². The lowest BCUT2D eigenvalue weighted by atomic mass is 10.1. The summed E-state index contributed by atoms with van der Waals surface area (Å²) in [5, 5.41) is 1.95. The molecule has 0 spiro atoms. The minimum absolute atomic E-state index is 0.0841. The standard InChI is InChI=1S/C19H17NO3S/c1-12-6-8-14(9-7-12)20-13(2)17(19(22)23-3)18(21)16(20)11-15-5-4-10-24-15/h4-11H,1-3H3. The molecular weight excluding hydrogens is 322 g/mol. The third-order valence-corrected chi connectivity index (χ3v) is 4.72. The van der Waals surface area contributed by atoms with Gasteiger partial charge in [-0.25, -0.2) is 4.79 Å². The van der Waals surface area contributed by atoms with Gasteiger partial charge in [0.2, 0.25) is 5.78 Å². The number of ketones is 1. The Morgan fingerprint density at radius 1 is 1.17 bits per heavy atom. The zero-order valence-electron chi connectivity index (χ0n) is 13.7. The molecule has 0 atom stereocenters. The van der Waals surface area contributed by atoms with Crippen LogP contribution in [-0.4, -0.2) is 18.9 Å². The average molecular weight is 339 g/mol. The summed E-state index contributed by atoms with van der Waals surface area (Å²) in [5.41, 5.74) is 3.09. The Hall–Kier alpha value is -2.66. The van der Waals surface area contributed by atoms with Crippen LogP contribution in [0.3, 0.4) is 0 Å². The maximum Gasteiger partial charge on any atom is 0.343 e. The molecule has 5 heteroatoms. The number of hydrogen-bond donors (Lipinski definition) is 0. The Balaban J connectivity index is 2.15. The van der Waals surface area contributed by atoms with Gasteiger partial charge in [0, 0.05) is 16.3 Å². The second-order valence-corrected chi connectivity index (χ2v) is 6.48. The van der Waals surface area contributed by atoms with Gasteiger partial charge < -0.3 is 9.64 Å². The fourth-order valence-corrected chi connectivity index (χ4v) is 3.34. The predicted molar refractivity (Wildman–Crippen MR) is 95.7 cm³/mol. The number of methoxy groups -OCH3 is 1. The molecule has 0 bridgehead atoms. The molecule has 24 heavy (non-hydrogen) atoms. The summed E-state index contributed by atoms with van der Waals surface area (Å²) in [7, 11) is 1.28. The minimum atomic E-state index is -0.607. The molecule has 0 fully saturated rings. The molecule has 3 rings (SSSR count). The first-order valence-electron chi connectivity index (χ1n) is 7.49. The van der Waals surface area contributed by atoms with Crippen molar-refractivity contribution in [3.05, 3.63) is 69.2 Å². The van der Waals surface area contributed by atoms with E-state index in [4.69, 9.17) is 4.74 Å². The van der Waals surface area contributed by atoms with Crippen molar-refractivity contribution in [3.8, 4) is 0 Å². The molecule has 1 aliphatic rings. The Morgan fingerprint density at radius 2 is 1.88 bits per heavy atom. The van der Waals surface area contributed by atoms with E-state index in [1.165, 1.54) is 18.4 Å². The van der Waals surface area contributed by atoms with Gasteiger partial charge in [-0.05, 0) is 43.5 Å². The number of aryl methyl sites for hydroxylation is 1. The summed E-state index contributed by atoms with van der Waals surface area (Å²) >= 11 is 1.54. The van der Waals surface area contributed by atoms with E-state index in [0.29, 0.717) is 11.4 Å². The van der Waals surface area contributed by atoms with Gasteiger partial charge in [0.05, 0.1) is 12.8 Å². The number of anilines is 1. The van der Waals surface area contributed by atoms with E-state index in [2.05, 4.69) is 0 Å². The quantitative estimate of drug-likeness (QED) is 0.483. The van der Waals surface area contributed by atoms with Crippen molar-refractivity contribution in [2.75, 3.05) is 12.0 Å². The molecule has 0 unspecified atom stereocenters. The van der Waals surface area contributed by atoms with Crippen LogP contribution in [0.25, 0.3) is 6.08 Å². The zero-order valence-corrected chi connectivity index (χ0v) is 14.5. The fourth-order valence-electron chi connectivity index (χ4n) is 2.69. The number of rotatable bonds is 3. The lowest BCUT2D eigenvalue weighted by Crippen LogP contribution is -2.18. The first kappa shape index (κ1) is 16.2. The van der Waals surface area contributed by atoms with Gasteiger partial charge in [-0.3, -0.25) is 4.79 Å². The number of benzene rings is 1. The zero-order chi connectivity index (χ0) is 17.3. The largest absolute Gasteiger partial charge is 0.465 e. The van der Waals surface area contributed by atoms with Gasteiger partial charge in [-0.15, -0.1) is 11.3 Å². The highest BCUT2D eigenvalue weighted by atomic mass is 32.1. The number of hydrogen-bond acceptors (Lipinski definition) is 5. The van der Waals surface area contributed by atoms with Crippen LogP contribution in [0, 0.1) is 6.92 Å². The monoisotopic (exact) mass is 339 g/mol. The number of allylic oxidation sites excluding steroid dienone is 2. The number of Topliss-reactive ketones (excluding diaryl/α,β-unsaturated/α-hetero) is 1. The molecule has 0 amide bonds. The molecule has 0 saturated carbocycles. The van der Waals surface area contributed by atoms with Gasteiger partial charge in [-0.2, -0.15) is 0 Å². The summed E-state index contributed by atoms with van der Waals surface area (Å²) < 4.78 is 4.79. The summed E-state index contributed by atoms with van der Waals surface area (Å²) in [4.78, 5) is 27.7. The Kier molecular flexibility index (Phi) is 4.36. The Labute approximate surface area is 144 Å². The Morgan fingerprint density at radius 3 is 2.46 bits per heavy atom. The summed E-state index contributed by atoms with van der Waals surface area (Å²) in [6.07, 6.45) is 1.81. The summed E-state index contributed by atoms with van der Waals surface area (Å²) in [5.74, 6) is -0.919. The lowest BCUT2D eigenvalue weighted by Gasteiger charge is -2.21. The highest BCUT2D eigenvalue weighted by Gasteiger charge is 2.38. The number of nitrogens with zero attached hydrogens (tertiary/aromatic N) is 1. The van der Waals surface area contributed by atoms with Crippen molar-refractivity contribution in [1.82, 2.24) is 0 Å². The number of carbonyl (C=O) groups is 2. The minimum Gasteiger partial charge on any atom is -0.465 e. The molecule has 0 radical (unpaired) electrons. The number of carbonyl (C=O) groups excluding carboxylic acids is 2. The molecular formula is C19H17NO3S. The van der Waals surface area contributed by atoms with E-state index in [1.54, 1.807) is 6.92 Å². The van der Waals surface area contributed by atoms with Crippen molar-refractivity contribution in [2.45, 2.75) is 13.8 Å². The van der Waals surface area contributed by atoms with Gasteiger partial charge in [0.1, 0.15) is 5.57 Å². The van der Waals surface area contributed by atoms with E-state index in [-0.39, 0.29) is 11.4 Å². The SMILES string of the molecule is COC(=O)C1=C(C)N(c2ccc(C)cc2)C(=Cc2cccs2)C1=O. The van der Waals surface area contributed by atoms with E-state index in [1.807, 2.05) is 59.7 Å². The second-order valence-electron chi connectivity index (χ2n) is 5.50. The molecule has 1 aromatic carbocycles. The van der Waals surface area contributed by atoms with Crippen molar-refractivity contribution in [2.24, 2.45) is 0 Å². The van der Waals surface area contributed by atoms with Gasteiger partial charge in [0.25, 0.3) is 0 Å². The van der Waals surface area contributed by atoms with Gasteiger partial charge >= 0.3 is 5.97 Å². The lowest BCUT2D eigenvalue weighted by molar-refractivity contribution is -0.137. The van der Waals surface area contributed by atoms with Crippen molar-refractivity contribution < 1.29 is 14.3 Å². The molecule has 2 aromatic rings. The molecule has 0 aliphatic carbocycles. The third kappa shape index (κ3) is 2.78. The Bertz CT molecular complexity index is 845. The van der Waals surface area contributed by atoms with Crippen molar-refractivity contribution in [3.63, 3.8) is 0 Å². The highest BCUT2D eigenvalue weighted by molar-refractivity contribution is 7.10. The molecule has 1 aromatic heterocycles. The molecule has 1 aliphatic heterocycles. The van der Waals surface area contributed by atoms with E-state index in [0.717, 1.165) is 16.1 Å². The van der Waals surface area contributed by atoms with Crippen LogP contribution in [0.4, 0.5) is 5.69 Å². The molecule has 4 nitrogen and oxygen atoms in total. The number of ether oxygens (including phenoxy) is 1. The predicted octanol–water partition coefficient (Wildman–Crippen LogP) is 3.93. The third-order valence-electron chi connectivity index (χ3n) is 3.90. The summed E-state index contributed by atoms with van der Waals surface area (Å²) in [6.45, 7) is 3.77. The van der Waals surface area contributed by atoms with Crippen LogP contribution in [0.2, 0.25) is 0 Å². The van der Waals surface area contributed by atoms with Crippen LogP contribution < -0.4 is 4.90 Å². The fraction of sp³-hybridized carbons (Fsp3) is 0.158. The molecule has 0 saturated heterocycles. The maximum atomic E-state index is 12.8. The van der Waals surface area contributed by atoms with Crippen molar-refractivity contribution in [1.29, 1.82) is 0 Å². The van der Waals surface area contributed by atoms with E-state index < -0.39 is 5.97 Å². The van der Waals surface area contributed by atoms with E-state index in [9.17, 15) is 9.59 Å². The maximum absolute atomic E-state index is 12.8. The first-order chi connectivity index (χ1) is 11.5. The number of thiophene rings is 1. The normalized spacial score (nSPS) is 16.2. The van der Waals surface area contributed by atoms with Crippen LogP contribution in [0.5, 0.6) is 0 Å². The van der Waals surface area contributed by atoms with Crippen LogP contribution >= 0.6 is 11.3 Å². The summed E-state index contributed by atoms with van der Waals surface area (Å²) in [6, 6.07) is 11.7. The van der Waals surface area contributed by atoms with Gasteiger partial charge in [0.15, 0.2) is 0 Å². The smallest absolute Gasteiger partial charge is 0.343 e. The van der Waals surface area contributed by atoms with E-state index >= 15 is 0 Å². The average Bonchev–Trinajstić information content (AvgIpc) is 3.16. The number of esters is 1. The molecule has 2 heterocycles. The topological polar surface area (TPSA) is 46.6 Å². The highest BCUT2D eigenvalue weighted by Crippen LogP contribution is 2.36. The van der Waals surface area contributed by atoms with Crippen LogP contribution in [0.15, 0.2) is 58.7 Å². The first-order valence-corrected chi connectivity index (χ1v) is 8.36. The van der Waals surface area contributed by atoms with Crippen molar-refractivity contribution >= 4 is 34.9 Å². The second kappa shape index (κ2) is 6.45. The molecule has 0 N–H and O–H groups in total. The van der Waals surface area contributed by atoms with Crippen LogP contribution in [0.1, 0.15) is 17.4 Å².